The lowest BCUT2D eigenvalue weighted by atomic mass is 10.1. The number of amides is 1. The first-order chi connectivity index (χ1) is 9.06. The summed E-state index contributed by atoms with van der Waals surface area (Å²) in [6, 6.07) is 7.75. The number of ether oxygens (including phenoxy) is 1. The first-order valence-electron chi connectivity index (χ1n) is 6.45. The van der Waals surface area contributed by atoms with Crippen LogP contribution in [0, 0.1) is 0 Å². The van der Waals surface area contributed by atoms with Gasteiger partial charge in [0, 0.05) is 30.4 Å². The van der Waals surface area contributed by atoms with Crippen molar-refractivity contribution in [1.82, 2.24) is 4.90 Å². The Morgan fingerprint density at radius 1 is 1.37 bits per heavy atom. The number of benzene rings is 1. The van der Waals surface area contributed by atoms with Gasteiger partial charge in [0.1, 0.15) is 18.0 Å². The molecule has 104 valence electrons. The third-order valence-corrected chi connectivity index (χ3v) is 3.76. The van der Waals surface area contributed by atoms with Crippen LogP contribution in [0.5, 0.6) is 5.75 Å². The third-order valence-electron chi connectivity index (χ3n) is 3.23. The van der Waals surface area contributed by atoms with E-state index in [1.165, 1.54) is 6.92 Å². The van der Waals surface area contributed by atoms with Crippen LogP contribution in [0.15, 0.2) is 28.7 Å². The zero-order valence-electron chi connectivity index (χ0n) is 10.9. The standard InChI is InChI=1S/C14H18BrNO3/c1-10(17)14(18)16-8-6-13(7-9-16)19-12-4-2-11(15)3-5-12/h2-5,10,13,17H,6-9H2,1H3/t10-/m0/s1. The van der Waals surface area contributed by atoms with Crippen molar-refractivity contribution in [2.24, 2.45) is 0 Å². The Balaban J connectivity index is 1.83. The van der Waals surface area contributed by atoms with Crippen molar-refractivity contribution in [2.45, 2.75) is 32.0 Å². The van der Waals surface area contributed by atoms with E-state index < -0.39 is 6.10 Å². The van der Waals surface area contributed by atoms with Crippen LogP contribution in [0.1, 0.15) is 19.8 Å². The molecule has 0 radical (unpaired) electrons. The fourth-order valence-corrected chi connectivity index (χ4v) is 2.43. The van der Waals surface area contributed by atoms with E-state index in [0.717, 1.165) is 23.1 Å². The Labute approximate surface area is 121 Å². The molecule has 0 aromatic heterocycles. The first-order valence-corrected chi connectivity index (χ1v) is 7.24. The minimum absolute atomic E-state index is 0.138. The summed E-state index contributed by atoms with van der Waals surface area (Å²) in [7, 11) is 0. The maximum atomic E-state index is 11.6. The highest BCUT2D eigenvalue weighted by atomic mass is 79.9. The molecule has 1 amide bonds. The zero-order valence-corrected chi connectivity index (χ0v) is 12.5. The number of aliphatic hydroxyl groups excluding tert-OH is 1. The van der Waals surface area contributed by atoms with Gasteiger partial charge in [-0.1, -0.05) is 15.9 Å². The summed E-state index contributed by atoms with van der Waals surface area (Å²) in [5.41, 5.74) is 0. The number of hydrogen-bond acceptors (Lipinski definition) is 3. The van der Waals surface area contributed by atoms with Crippen LogP contribution >= 0.6 is 15.9 Å². The molecule has 0 unspecified atom stereocenters. The van der Waals surface area contributed by atoms with Gasteiger partial charge in [-0.3, -0.25) is 4.79 Å². The molecule has 19 heavy (non-hydrogen) atoms. The number of nitrogens with zero attached hydrogens (tertiary/aromatic N) is 1. The van der Waals surface area contributed by atoms with Crippen molar-refractivity contribution in [3.05, 3.63) is 28.7 Å². The monoisotopic (exact) mass is 327 g/mol. The van der Waals surface area contributed by atoms with E-state index in [0.29, 0.717) is 13.1 Å². The second-order valence-electron chi connectivity index (χ2n) is 4.77. The van der Waals surface area contributed by atoms with Crippen molar-refractivity contribution in [3.8, 4) is 5.75 Å². The molecule has 0 spiro atoms. The SMILES string of the molecule is C[C@H](O)C(=O)N1CCC(Oc2ccc(Br)cc2)CC1. The van der Waals surface area contributed by atoms with E-state index >= 15 is 0 Å². The van der Waals surface area contributed by atoms with Gasteiger partial charge in [0.2, 0.25) is 0 Å². The number of aliphatic hydroxyl groups is 1. The first kappa shape index (κ1) is 14.3. The zero-order chi connectivity index (χ0) is 13.8. The molecule has 2 rings (SSSR count). The quantitative estimate of drug-likeness (QED) is 0.925. The van der Waals surface area contributed by atoms with E-state index in [-0.39, 0.29) is 12.0 Å². The number of rotatable bonds is 3. The number of piperidine rings is 1. The molecule has 4 nitrogen and oxygen atoms in total. The number of carbonyl (C=O) groups is 1. The summed E-state index contributed by atoms with van der Waals surface area (Å²) in [6.45, 7) is 2.79. The van der Waals surface area contributed by atoms with Crippen LogP contribution in [0.2, 0.25) is 0 Å². The van der Waals surface area contributed by atoms with Crippen molar-refractivity contribution >= 4 is 21.8 Å². The van der Waals surface area contributed by atoms with E-state index in [2.05, 4.69) is 15.9 Å². The topological polar surface area (TPSA) is 49.8 Å². The highest BCUT2D eigenvalue weighted by molar-refractivity contribution is 9.10. The highest BCUT2D eigenvalue weighted by Crippen LogP contribution is 2.21. The summed E-state index contributed by atoms with van der Waals surface area (Å²) in [5.74, 6) is 0.658. The summed E-state index contributed by atoms with van der Waals surface area (Å²) >= 11 is 3.38. The highest BCUT2D eigenvalue weighted by Gasteiger charge is 2.25. The average Bonchev–Trinajstić information content (AvgIpc) is 2.41. The molecular weight excluding hydrogens is 310 g/mol. The fourth-order valence-electron chi connectivity index (χ4n) is 2.16. The average molecular weight is 328 g/mol. The van der Waals surface area contributed by atoms with Gasteiger partial charge in [0.25, 0.3) is 5.91 Å². The molecule has 1 atom stereocenters. The summed E-state index contributed by atoms with van der Waals surface area (Å²) in [4.78, 5) is 13.3. The second-order valence-corrected chi connectivity index (χ2v) is 5.69. The van der Waals surface area contributed by atoms with Gasteiger partial charge in [-0.2, -0.15) is 0 Å². The van der Waals surface area contributed by atoms with Crippen LogP contribution in [0.3, 0.4) is 0 Å². The predicted molar refractivity (Wildman–Crippen MR) is 76.1 cm³/mol. The fraction of sp³-hybridized carbons (Fsp3) is 0.500. The molecule has 1 N–H and O–H groups in total. The van der Waals surface area contributed by atoms with Gasteiger partial charge < -0.3 is 14.7 Å². The normalized spacial score (nSPS) is 18.2. The lowest BCUT2D eigenvalue weighted by Gasteiger charge is -2.32. The van der Waals surface area contributed by atoms with E-state index in [1.54, 1.807) is 4.90 Å². The molecule has 0 aliphatic carbocycles. The number of hydrogen-bond donors (Lipinski definition) is 1. The predicted octanol–water partition coefficient (Wildman–Crippen LogP) is 2.20. The minimum atomic E-state index is -0.913. The molecular formula is C14H18BrNO3. The number of likely N-dealkylation sites (tertiary alicyclic amines) is 1. The van der Waals surface area contributed by atoms with Gasteiger partial charge in [0.15, 0.2) is 0 Å². The van der Waals surface area contributed by atoms with Crippen LogP contribution in [-0.4, -0.2) is 41.2 Å². The molecule has 1 aliphatic rings. The van der Waals surface area contributed by atoms with Gasteiger partial charge >= 0.3 is 0 Å². The van der Waals surface area contributed by atoms with Crippen molar-refractivity contribution in [1.29, 1.82) is 0 Å². The summed E-state index contributed by atoms with van der Waals surface area (Å²) in [5, 5.41) is 9.27. The largest absolute Gasteiger partial charge is 0.490 e. The van der Waals surface area contributed by atoms with Gasteiger partial charge in [-0.25, -0.2) is 0 Å². The number of carbonyl (C=O) groups excluding carboxylic acids is 1. The van der Waals surface area contributed by atoms with Gasteiger partial charge in [0.05, 0.1) is 0 Å². The molecule has 1 fully saturated rings. The van der Waals surface area contributed by atoms with E-state index in [9.17, 15) is 9.90 Å². The molecule has 1 aromatic carbocycles. The third kappa shape index (κ3) is 3.94. The van der Waals surface area contributed by atoms with Crippen LogP contribution in [0.25, 0.3) is 0 Å². The molecule has 1 aliphatic heterocycles. The van der Waals surface area contributed by atoms with Crippen molar-refractivity contribution < 1.29 is 14.6 Å². The second kappa shape index (κ2) is 6.39. The van der Waals surface area contributed by atoms with E-state index in [1.807, 2.05) is 24.3 Å². The Morgan fingerprint density at radius 2 is 1.95 bits per heavy atom. The maximum absolute atomic E-state index is 11.6. The van der Waals surface area contributed by atoms with Crippen molar-refractivity contribution in [3.63, 3.8) is 0 Å². The Hall–Kier alpha value is -1.07. The Kier molecular flexibility index (Phi) is 4.82. The molecule has 5 heteroatoms. The minimum Gasteiger partial charge on any atom is -0.490 e. The summed E-state index contributed by atoms with van der Waals surface area (Å²) in [6.07, 6.45) is 0.825. The Morgan fingerprint density at radius 3 is 2.47 bits per heavy atom. The molecule has 1 heterocycles. The van der Waals surface area contributed by atoms with Gasteiger partial charge in [-0.05, 0) is 31.2 Å². The lowest BCUT2D eigenvalue weighted by Crippen LogP contribution is -2.45. The molecule has 0 bridgehead atoms. The van der Waals surface area contributed by atoms with Crippen molar-refractivity contribution in [2.75, 3.05) is 13.1 Å². The van der Waals surface area contributed by atoms with Crippen LogP contribution in [-0.2, 0) is 4.79 Å². The molecule has 1 aromatic rings. The summed E-state index contributed by atoms with van der Waals surface area (Å²) < 4.78 is 6.90. The van der Waals surface area contributed by atoms with E-state index in [4.69, 9.17) is 4.74 Å². The van der Waals surface area contributed by atoms with Crippen LogP contribution in [0.4, 0.5) is 0 Å². The lowest BCUT2D eigenvalue weighted by molar-refractivity contribution is -0.141. The molecule has 0 saturated carbocycles. The van der Waals surface area contributed by atoms with Gasteiger partial charge in [-0.15, -0.1) is 0 Å². The number of halogens is 1. The molecule has 1 saturated heterocycles. The van der Waals surface area contributed by atoms with Crippen LogP contribution < -0.4 is 4.74 Å². The maximum Gasteiger partial charge on any atom is 0.251 e. The Bertz CT molecular complexity index is 425. The smallest absolute Gasteiger partial charge is 0.251 e.